The molecule has 0 aliphatic heterocycles. The SMILES string of the molecule is COC(=O)C(C)(N)CCn1ccnc1C. The van der Waals surface area contributed by atoms with Gasteiger partial charge in [0.25, 0.3) is 0 Å². The van der Waals surface area contributed by atoms with Gasteiger partial charge in [0.15, 0.2) is 0 Å². The van der Waals surface area contributed by atoms with Crippen molar-refractivity contribution < 1.29 is 9.53 Å². The summed E-state index contributed by atoms with van der Waals surface area (Å²) in [4.78, 5) is 15.4. The van der Waals surface area contributed by atoms with Gasteiger partial charge in [0, 0.05) is 18.9 Å². The number of hydrogen-bond acceptors (Lipinski definition) is 4. The number of hydrogen-bond donors (Lipinski definition) is 1. The van der Waals surface area contributed by atoms with Crippen LogP contribution in [0, 0.1) is 6.92 Å². The summed E-state index contributed by atoms with van der Waals surface area (Å²) in [6.07, 6.45) is 4.11. The monoisotopic (exact) mass is 211 g/mol. The first kappa shape index (κ1) is 11.7. The quantitative estimate of drug-likeness (QED) is 0.735. The van der Waals surface area contributed by atoms with Crippen LogP contribution in [0.5, 0.6) is 0 Å². The normalized spacial score (nSPS) is 14.7. The van der Waals surface area contributed by atoms with Crippen LogP contribution in [-0.2, 0) is 16.1 Å². The largest absolute Gasteiger partial charge is 0.468 e. The molecule has 0 radical (unpaired) electrons. The third-order valence-corrected chi connectivity index (χ3v) is 2.45. The van der Waals surface area contributed by atoms with Crippen LogP contribution in [0.2, 0.25) is 0 Å². The maximum atomic E-state index is 11.3. The Morgan fingerprint density at radius 2 is 2.40 bits per heavy atom. The highest BCUT2D eigenvalue weighted by atomic mass is 16.5. The minimum absolute atomic E-state index is 0.389. The van der Waals surface area contributed by atoms with Gasteiger partial charge in [-0.2, -0.15) is 0 Å². The van der Waals surface area contributed by atoms with Crippen LogP contribution in [0.25, 0.3) is 0 Å². The molecule has 0 saturated heterocycles. The summed E-state index contributed by atoms with van der Waals surface area (Å²) >= 11 is 0. The molecule has 1 heterocycles. The summed E-state index contributed by atoms with van der Waals surface area (Å²) in [5.74, 6) is 0.524. The first-order valence-electron chi connectivity index (χ1n) is 4.82. The lowest BCUT2D eigenvalue weighted by atomic mass is 10.00. The molecule has 2 N–H and O–H groups in total. The zero-order valence-corrected chi connectivity index (χ0v) is 9.36. The van der Waals surface area contributed by atoms with Crippen molar-refractivity contribution in [3.63, 3.8) is 0 Å². The third kappa shape index (κ3) is 2.79. The maximum absolute atomic E-state index is 11.3. The first-order valence-corrected chi connectivity index (χ1v) is 4.82. The molecule has 0 aliphatic carbocycles. The molecule has 1 atom stereocenters. The van der Waals surface area contributed by atoms with Crippen LogP contribution >= 0.6 is 0 Å². The van der Waals surface area contributed by atoms with Gasteiger partial charge in [0.1, 0.15) is 11.4 Å². The van der Waals surface area contributed by atoms with Crippen molar-refractivity contribution in [3.8, 4) is 0 Å². The fourth-order valence-corrected chi connectivity index (χ4v) is 1.33. The van der Waals surface area contributed by atoms with Gasteiger partial charge in [0.05, 0.1) is 7.11 Å². The van der Waals surface area contributed by atoms with E-state index in [0.717, 1.165) is 5.82 Å². The molecule has 0 spiro atoms. The second-order valence-electron chi connectivity index (χ2n) is 3.83. The zero-order chi connectivity index (χ0) is 11.5. The van der Waals surface area contributed by atoms with Crippen LogP contribution in [0.3, 0.4) is 0 Å². The number of carbonyl (C=O) groups excluding carboxylic acids is 1. The van der Waals surface area contributed by atoms with E-state index in [4.69, 9.17) is 5.73 Å². The van der Waals surface area contributed by atoms with E-state index < -0.39 is 5.54 Å². The molecule has 84 valence electrons. The number of aryl methyl sites for hydroxylation is 2. The van der Waals surface area contributed by atoms with Crippen molar-refractivity contribution in [2.75, 3.05) is 7.11 Å². The number of imidazole rings is 1. The van der Waals surface area contributed by atoms with E-state index in [1.165, 1.54) is 7.11 Å². The van der Waals surface area contributed by atoms with Gasteiger partial charge in [-0.05, 0) is 20.3 Å². The maximum Gasteiger partial charge on any atom is 0.325 e. The Hall–Kier alpha value is -1.36. The molecule has 0 saturated carbocycles. The van der Waals surface area contributed by atoms with Crippen molar-refractivity contribution in [2.45, 2.75) is 32.4 Å². The lowest BCUT2D eigenvalue weighted by Crippen LogP contribution is -2.46. The van der Waals surface area contributed by atoms with E-state index in [0.29, 0.717) is 13.0 Å². The Bertz CT molecular complexity index is 344. The summed E-state index contributed by atoms with van der Waals surface area (Å²) in [5.41, 5.74) is 4.89. The molecule has 0 amide bonds. The fourth-order valence-electron chi connectivity index (χ4n) is 1.33. The Kier molecular flexibility index (Phi) is 3.47. The van der Waals surface area contributed by atoms with E-state index >= 15 is 0 Å². The van der Waals surface area contributed by atoms with Crippen molar-refractivity contribution >= 4 is 5.97 Å². The number of nitrogens with two attached hydrogens (primary N) is 1. The van der Waals surface area contributed by atoms with E-state index in [2.05, 4.69) is 9.72 Å². The molecular formula is C10H17N3O2. The van der Waals surface area contributed by atoms with Crippen molar-refractivity contribution in [1.29, 1.82) is 0 Å². The van der Waals surface area contributed by atoms with Crippen LogP contribution < -0.4 is 5.73 Å². The predicted octanol–water partition coefficient (Wildman–Crippen LogP) is 0.472. The van der Waals surface area contributed by atoms with Gasteiger partial charge in [-0.3, -0.25) is 4.79 Å². The lowest BCUT2D eigenvalue weighted by molar-refractivity contribution is -0.146. The van der Waals surface area contributed by atoms with Crippen LogP contribution in [-0.4, -0.2) is 28.2 Å². The zero-order valence-electron chi connectivity index (χ0n) is 9.36. The summed E-state index contributed by atoms with van der Waals surface area (Å²) < 4.78 is 6.58. The summed E-state index contributed by atoms with van der Waals surface area (Å²) in [5, 5.41) is 0. The lowest BCUT2D eigenvalue weighted by Gasteiger charge is -2.21. The summed E-state index contributed by atoms with van der Waals surface area (Å²) in [6.45, 7) is 4.24. The second-order valence-corrected chi connectivity index (χ2v) is 3.83. The molecule has 1 aromatic heterocycles. The molecule has 0 aliphatic rings. The number of ether oxygens (including phenoxy) is 1. The van der Waals surface area contributed by atoms with E-state index in [-0.39, 0.29) is 5.97 Å². The molecular weight excluding hydrogens is 194 g/mol. The highest BCUT2D eigenvalue weighted by Crippen LogP contribution is 2.10. The Balaban J connectivity index is 2.57. The van der Waals surface area contributed by atoms with Gasteiger partial charge < -0.3 is 15.0 Å². The molecule has 1 rings (SSSR count). The third-order valence-electron chi connectivity index (χ3n) is 2.45. The molecule has 1 aromatic rings. The van der Waals surface area contributed by atoms with Gasteiger partial charge in [-0.25, -0.2) is 4.98 Å². The fraction of sp³-hybridized carbons (Fsp3) is 0.600. The minimum Gasteiger partial charge on any atom is -0.468 e. The standard InChI is InChI=1S/C10H17N3O2/c1-8-12-5-7-13(8)6-4-10(2,11)9(14)15-3/h5,7H,4,6,11H2,1-3H3. The Morgan fingerprint density at radius 3 is 2.87 bits per heavy atom. The minimum atomic E-state index is -0.939. The Morgan fingerprint density at radius 1 is 1.73 bits per heavy atom. The van der Waals surface area contributed by atoms with E-state index in [1.54, 1.807) is 13.1 Å². The van der Waals surface area contributed by atoms with Crippen LogP contribution in [0.4, 0.5) is 0 Å². The predicted molar refractivity (Wildman–Crippen MR) is 56.2 cm³/mol. The number of rotatable bonds is 4. The van der Waals surface area contributed by atoms with Crippen molar-refractivity contribution in [2.24, 2.45) is 5.73 Å². The summed E-state index contributed by atoms with van der Waals surface area (Å²) in [7, 11) is 1.34. The molecule has 0 aromatic carbocycles. The number of esters is 1. The molecule has 0 bridgehead atoms. The molecule has 0 fully saturated rings. The van der Waals surface area contributed by atoms with Gasteiger partial charge >= 0.3 is 5.97 Å². The number of methoxy groups -OCH3 is 1. The van der Waals surface area contributed by atoms with E-state index in [1.807, 2.05) is 17.7 Å². The number of aromatic nitrogens is 2. The smallest absolute Gasteiger partial charge is 0.325 e. The average molecular weight is 211 g/mol. The summed E-state index contributed by atoms with van der Waals surface area (Å²) in [6, 6.07) is 0. The van der Waals surface area contributed by atoms with Crippen LogP contribution in [0.15, 0.2) is 12.4 Å². The highest BCUT2D eigenvalue weighted by Gasteiger charge is 2.28. The first-order chi connectivity index (χ1) is 6.97. The molecule has 5 heteroatoms. The Labute approximate surface area is 89.2 Å². The van der Waals surface area contributed by atoms with Crippen molar-refractivity contribution in [1.82, 2.24) is 9.55 Å². The molecule has 5 nitrogen and oxygen atoms in total. The van der Waals surface area contributed by atoms with Crippen molar-refractivity contribution in [3.05, 3.63) is 18.2 Å². The van der Waals surface area contributed by atoms with Gasteiger partial charge in [-0.15, -0.1) is 0 Å². The highest BCUT2D eigenvalue weighted by molar-refractivity contribution is 5.79. The van der Waals surface area contributed by atoms with Gasteiger partial charge in [-0.1, -0.05) is 0 Å². The van der Waals surface area contributed by atoms with Crippen LogP contribution in [0.1, 0.15) is 19.2 Å². The number of carbonyl (C=O) groups is 1. The average Bonchev–Trinajstić information content (AvgIpc) is 2.60. The van der Waals surface area contributed by atoms with E-state index in [9.17, 15) is 4.79 Å². The second kappa shape index (κ2) is 4.44. The molecule has 15 heavy (non-hydrogen) atoms. The topological polar surface area (TPSA) is 70.1 Å². The number of nitrogens with zero attached hydrogens (tertiary/aromatic N) is 2. The molecule has 1 unspecified atom stereocenters. The van der Waals surface area contributed by atoms with Gasteiger partial charge in [0.2, 0.25) is 0 Å².